The summed E-state index contributed by atoms with van der Waals surface area (Å²) in [7, 11) is 1.63. The topological polar surface area (TPSA) is 78.9 Å². The van der Waals surface area contributed by atoms with Crippen molar-refractivity contribution in [1.29, 1.82) is 0 Å². The van der Waals surface area contributed by atoms with Crippen LogP contribution in [-0.2, 0) is 6.54 Å². The first-order valence-electron chi connectivity index (χ1n) is 7.74. The largest absolute Gasteiger partial charge is 0.497 e. The molecule has 0 aliphatic rings. The third kappa shape index (κ3) is 3.25. The van der Waals surface area contributed by atoms with Gasteiger partial charge < -0.3 is 9.15 Å². The molecule has 4 rings (SSSR count). The Balaban J connectivity index is 1.50. The van der Waals surface area contributed by atoms with Gasteiger partial charge in [-0.05, 0) is 29.5 Å². The van der Waals surface area contributed by atoms with E-state index in [9.17, 15) is 0 Å². The third-order valence-electron chi connectivity index (χ3n) is 3.68. The summed E-state index contributed by atoms with van der Waals surface area (Å²) in [5.41, 5.74) is 2.53. The Kier molecular flexibility index (Phi) is 3.96. The Morgan fingerprint density at radius 3 is 2.56 bits per heavy atom. The number of ether oxygens (including phenoxy) is 1. The van der Waals surface area contributed by atoms with Crippen molar-refractivity contribution in [2.45, 2.75) is 6.54 Å². The van der Waals surface area contributed by atoms with Crippen molar-refractivity contribution in [2.24, 2.45) is 0 Å². The summed E-state index contributed by atoms with van der Waals surface area (Å²) in [4.78, 5) is 5.98. The summed E-state index contributed by atoms with van der Waals surface area (Å²) in [5, 5.41) is 12.5. The molecule has 2 heterocycles. The van der Waals surface area contributed by atoms with Crippen molar-refractivity contribution in [2.75, 3.05) is 7.11 Å². The van der Waals surface area contributed by atoms with Gasteiger partial charge in [0, 0.05) is 11.1 Å². The van der Waals surface area contributed by atoms with Gasteiger partial charge in [-0.3, -0.25) is 0 Å². The van der Waals surface area contributed by atoms with E-state index in [1.54, 1.807) is 13.4 Å². The molecule has 124 valence electrons. The summed E-state index contributed by atoms with van der Waals surface area (Å²) in [6.45, 7) is 0.388. The van der Waals surface area contributed by atoms with Crippen LogP contribution in [0.1, 0.15) is 5.69 Å². The zero-order chi connectivity index (χ0) is 17.1. The average molecular weight is 333 g/mol. The van der Waals surface area contributed by atoms with Crippen LogP contribution < -0.4 is 4.74 Å². The molecule has 0 saturated carbocycles. The van der Waals surface area contributed by atoms with E-state index in [-0.39, 0.29) is 0 Å². The van der Waals surface area contributed by atoms with Crippen molar-refractivity contribution in [1.82, 2.24) is 25.2 Å². The Hall–Kier alpha value is -3.48. The minimum atomic E-state index is 0.388. The van der Waals surface area contributed by atoms with Gasteiger partial charge >= 0.3 is 0 Å². The predicted molar refractivity (Wildman–Crippen MR) is 90.8 cm³/mol. The number of methoxy groups -OCH3 is 1. The van der Waals surface area contributed by atoms with Gasteiger partial charge in [0.15, 0.2) is 0 Å². The summed E-state index contributed by atoms with van der Waals surface area (Å²) in [6, 6.07) is 17.2. The number of rotatable bonds is 5. The molecule has 0 bridgehead atoms. The van der Waals surface area contributed by atoms with Crippen molar-refractivity contribution >= 4 is 0 Å². The monoisotopic (exact) mass is 333 g/mol. The predicted octanol–water partition coefficient (Wildman–Crippen LogP) is 3.05. The highest BCUT2D eigenvalue weighted by Gasteiger charge is 2.10. The van der Waals surface area contributed by atoms with Crippen molar-refractivity contribution in [3.05, 3.63) is 66.6 Å². The van der Waals surface area contributed by atoms with Crippen LogP contribution in [0.2, 0.25) is 0 Å². The molecule has 0 atom stereocenters. The van der Waals surface area contributed by atoms with Crippen LogP contribution in [0.5, 0.6) is 5.75 Å². The van der Waals surface area contributed by atoms with E-state index >= 15 is 0 Å². The van der Waals surface area contributed by atoms with E-state index in [1.165, 1.54) is 4.80 Å². The number of aromatic nitrogens is 5. The molecular weight excluding hydrogens is 318 g/mol. The van der Waals surface area contributed by atoms with E-state index < -0.39 is 0 Å². The normalized spacial score (nSPS) is 10.8. The number of hydrogen-bond acceptors (Lipinski definition) is 6. The minimum Gasteiger partial charge on any atom is -0.497 e. The molecule has 0 amide bonds. The Labute approximate surface area is 143 Å². The Morgan fingerprint density at radius 2 is 1.80 bits per heavy atom. The first-order valence-corrected chi connectivity index (χ1v) is 7.74. The SMILES string of the molecule is COc1ccc(-c2nc(Cn3nnc(-c4ccccc4)n3)co2)cc1. The molecule has 4 aromatic rings. The molecule has 0 saturated heterocycles. The van der Waals surface area contributed by atoms with Gasteiger partial charge in [-0.1, -0.05) is 30.3 Å². The summed E-state index contributed by atoms with van der Waals surface area (Å²) >= 11 is 0. The third-order valence-corrected chi connectivity index (χ3v) is 3.68. The maximum Gasteiger partial charge on any atom is 0.226 e. The first kappa shape index (κ1) is 15.1. The smallest absolute Gasteiger partial charge is 0.226 e. The van der Waals surface area contributed by atoms with Gasteiger partial charge in [-0.2, -0.15) is 4.80 Å². The van der Waals surface area contributed by atoms with E-state index in [2.05, 4.69) is 20.4 Å². The average Bonchev–Trinajstić information content (AvgIpc) is 3.33. The molecule has 7 nitrogen and oxygen atoms in total. The summed E-state index contributed by atoms with van der Waals surface area (Å²) < 4.78 is 10.7. The molecule has 0 spiro atoms. The fraction of sp³-hybridized carbons (Fsp3) is 0.111. The van der Waals surface area contributed by atoms with Crippen LogP contribution in [-0.4, -0.2) is 32.3 Å². The fourth-order valence-corrected chi connectivity index (χ4v) is 2.40. The second kappa shape index (κ2) is 6.56. The van der Waals surface area contributed by atoms with Gasteiger partial charge in [0.1, 0.15) is 24.3 Å². The Morgan fingerprint density at radius 1 is 1.00 bits per heavy atom. The minimum absolute atomic E-state index is 0.388. The second-order valence-electron chi connectivity index (χ2n) is 5.38. The zero-order valence-electron chi connectivity index (χ0n) is 13.5. The van der Waals surface area contributed by atoms with Crippen LogP contribution in [0.4, 0.5) is 0 Å². The number of tetrazole rings is 1. The maximum atomic E-state index is 5.55. The van der Waals surface area contributed by atoms with Crippen molar-refractivity contribution in [3.63, 3.8) is 0 Å². The molecule has 2 aromatic carbocycles. The molecular formula is C18H15N5O2. The molecule has 2 aromatic heterocycles. The maximum absolute atomic E-state index is 5.55. The highest BCUT2D eigenvalue weighted by atomic mass is 16.5. The zero-order valence-corrected chi connectivity index (χ0v) is 13.5. The molecule has 0 N–H and O–H groups in total. The first-order chi connectivity index (χ1) is 12.3. The molecule has 0 radical (unpaired) electrons. The molecule has 0 aliphatic carbocycles. The van der Waals surface area contributed by atoms with Gasteiger partial charge in [-0.25, -0.2) is 4.98 Å². The molecule has 0 aliphatic heterocycles. The summed E-state index contributed by atoms with van der Waals surface area (Å²) in [6.07, 6.45) is 1.60. The fourth-order valence-electron chi connectivity index (χ4n) is 2.40. The lowest BCUT2D eigenvalue weighted by atomic mass is 10.2. The van der Waals surface area contributed by atoms with Crippen LogP contribution >= 0.6 is 0 Å². The standard InChI is InChI=1S/C18H15N5O2/c1-24-16-9-7-14(8-10-16)18-19-15(12-25-18)11-23-21-17(20-22-23)13-5-3-2-4-6-13/h2-10,12H,11H2,1H3. The quantitative estimate of drug-likeness (QED) is 0.558. The lowest BCUT2D eigenvalue weighted by Gasteiger charge is -1.99. The molecule has 0 unspecified atom stereocenters. The number of benzene rings is 2. The number of nitrogens with zero attached hydrogens (tertiary/aromatic N) is 5. The van der Waals surface area contributed by atoms with Gasteiger partial charge in [-0.15, -0.1) is 10.2 Å². The highest BCUT2D eigenvalue weighted by Crippen LogP contribution is 2.22. The molecule has 7 heteroatoms. The van der Waals surface area contributed by atoms with Crippen LogP contribution in [0, 0.1) is 0 Å². The number of oxazole rings is 1. The molecule has 25 heavy (non-hydrogen) atoms. The van der Waals surface area contributed by atoms with Crippen LogP contribution in [0.25, 0.3) is 22.8 Å². The van der Waals surface area contributed by atoms with Gasteiger partial charge in [0.05, 0.1) is 7.11 Å². The second-order valence-corrected chi connectivity index (χ2v) is 5.38. The van der Waals surface area contributed by atoms with E-state index in [0.717, 1.165) is 22.6 Å². The lowest BCUT2D eigenvalue weighted by Crippen LogP contribution is -2.04. The summed E-state index contributed by atoms with van der Waals surface area (Å²) in [5.74, 6) is 1.91. The van der Waals surface area contributed by atoms with E-state index in [1.807, 2.05) is 54.6 Å². The lowest BCUT2D eigenvalue weighted by molar-refractivity contribution is 0.415. The Bertz CT molecular complexity index is 961. The van der Waals surface area contributed by atoms with Gasteiger partial charge in [0.25, 0.3) is 0 Å². The van der Waals surface area contributed by atoms with Crippen molar-refractivity contribution in [3.8, 4) is 28.6 Å². The van der Waals surface area contributed by atoms with E-state index in [4.69, 9.17) is 9.15 Å². The number of hydrogen-bond donors (Lipinski definition) is 0. The molecule has 0 fully saturated rings. The van der Waals surface area contributed by atoms with Crippen molar-refractivity contribution < 1.29 is 9.15 Å². The van der Waals surface area contributed by atoms with Crippen LogP contribution in [0.3, 0.4) is 0 Å². The van der Waals surface area contributed by atoms with Crippen LogP contribution in [0.15, 0.2) is 65.3 Å². The highest BCUT2D eigenvalue weighted by molar-refractivity contribution is 5.55. The van der Waals surface area contributed by atoms with Gasteiger partial charge in [0.2, 0.25) is 11.7 Å². The van der Waals surface area contributed by atoms with E-state index in [0.29, 0.717) is 18.3 Å².